The Morgan fingerprint density at radius 3 is 2.50 bits per heavy atom. The molecule has 1 N–H and O–H groups in total. The van der Waals surface area contributed by atoms with E-state index in [4.69, 9.17) is 0 Å². The van der Waals surface area contributed by atoms with Crippen LogP contribution in [0.2, 0.25) is 0 Å². The summed E-state index contributed by atoms with van der Waals surface area (Å²) >= 11 is 0. The lowest BCUT2D eigenvalue weighted by molar-refractivity contribution is 0.112. The highest BCUT2D eigenvalue weighted by Crippen LogP contribution is 2.25. The van der Waals surface area contributed by atoms with Gasteiger partial charge in [0.25, 0.3) is 0 Å². The first-order chi connectivity index (χ1) is 8.69. The smallest absolute Gasteiger partial charge is 0.125 e. The molecule has 0 amide bonds. The summed E-state index contributed by atoms with van der Waals surface area (Å²) in [6, 6.07) is 0. The Labute approximate surface area is 109 Å². The molecule has 1 saturated heterocycles. The third kappa shape index (κ3) is 3.50. The number of aromatic nitrogens is 2. The van der Waals surface area contributed by atoms with Gasteiger partial charge in [0.2, 0.25) is 0 Å². The van der Waals surface area contributed by atoms with Crippen LogP contribution in [-0.2, 0) is 6.54 Å². The third-order valence-corrected chi connectivity index (χ3v) is 3.97. The Morgan fingerprint density at radius 1 is 1.33 bits per heavy atom. The number of likely N-dealkylation sites (tertiary alicyclic amines) is 1. The molecule has 1 unspecified atom stereocenters. The quantitative estimate of drug-likeness (QED) is 0.881. The number of nitrogens with zero attached hydrogens (tertiary/aromatic N) is 3. The minimum atomic E-state index is 0.316. The number of rotatable bonds is 4. The van der Waals surface area contributed by atoms with Gasteiger partial charge in [-0.3, -0.25) is 4.90 Å². The number of hydrogen-bond acceptors (Lipinski definition) is 4. The van der Waals surface area contributed by atoms with Gasteiger partial charge in [0.05, 0.1) is 0 Å². The summed E-state index contributed by atoms with van der Waals surface area (Å²) in [6.07, 6.45) is 6.22. The average molecular weight is 249 g/mol. The number of hydrogen-bond donors (Lipinski definition) is 1. The molecule has 2 heterocycles. The molecule has 0 saturated carbocycles. The van der Waals surface area contributed by atoms with E-state index in [9.17, 15) is 5.11 Å². The maximum Gasteiger partial charge on any atom is 0.125 e. The molecule has 100 valence electrons. The largest absolute Gasteiger partial charge is 0.396 e. The van der Waals surface area contributed by atoms with E-state index < -0.39 is 0 Å². The molecule has 18 heavy (non-hydrogen) atoms. The minimum absolute atomic E-state index is 0.316. The van der Waals surface area contributed by atoms with Crippen LogP contribution >= 0.6 is 0 Å². The van der Waals surface area contributed by atoms with E-state index in [1.54, 1.807) is 0 Å². The maximum atomic E-state index is 9.18. The van der Waals surface area contributed by atoms with Crippen LogP contribution in [0.3, 0.4) is 0 Å². The van der Waals surface area contributed by atoms with Crippen molar-refractivity contribution in [1.82, 2.24) is 14.9 Å². The van der Waals surface area contributed by atoms with Gasteiger partial charge in [0.1, 0.15) is 5.82 Å². The normalized spacial score (nSPS) is 19.9. The Morgan fingerprint density at radius 2 is 1.94 bits per heavy atom. The molecule has 0 spiro atoms. The van der Waals surface area contributed by atoms with Crippen LogP contribution in [-0.4, -0.2) is 39.7 Å². The molecule has 1 atom stereocenters. The van der Waals surface area contributed by atoms with Crippen molar-refractivity contribution in [2.24, 2.45) is 11.8 Å². The number of aryl methyl sites for hydroxylation is 1. The molecule has 2 rings (SSSR count). The second kappa shape index (κ2) is 6.25. The van der Waals surface area contributed by atoms with Crippen molar-refractivity contribution >= 4 is 0 Å². The lowest BCUT2D eigenvalue weighted by Crippen LogP contribution is -2.35. The van der Waals surface area contributed by atoms with Crippen molar-refractivity contribution in [2.75, 3.05) is 19.7 Å². The monoisotopic (exact) mass is 249 g/mol. The Balaban J connectivity index is 1.81. The summed E-state index contributed by atoms with van der Waals surface area (Å²) in [4.78, 5) is 10.9. The highest BCUT2D eigenvalue weighted by molar-refractivity contribution is 5.04. The first-order valence-electron chi connectivity index (χ1n) is 6.79. The standard InChI is InChI=1S/C14H23N3O/c1-11(10-18)14-3-5-17(6-4-14)9-13-7-15-12(2)16-8-13/h7-8,11,14,18H,3-6,9-10H2,1-2H3. The molecule has 4 nitrogen and oxygen atoms in total. The van der Waals surface area contributed by atoms with Crippen LogP contribution in [0.15, 0.2) is 12.4 Å². The fourth-order valence-corrected chi connectivity index (χ4v) is 2.59. The molecule has 1 aliphatic heterocycles. The predicted molar refractivity (Wildman–Crippen MR) is 71.0 cm³/mol. The zero-order chi connectivity index (χ0) is 13.0. The van der Waals surface area contributed by atoms with Crippen molar-refractivity contribution in [1.29, 1.82) is 0 Å². The van der Waals surface area contributed by atoms with E-state index >= 15 is 0 Å². The van der Waals surface area contributed by atoms with Gasteiger partial charge in [-0.25, -0.2) is 9.97 Å². The molecule has 0 aromatic carbocycles. The highest BCUT2D eigenvalue weighted by atomic mass is 16.3. The molecule has 0 bridgehead atoms. The minimum Gasteiger partial charge on any atom is -0.396 e. The van der Waals surface area contributed by atoms with E-state index in [1.165, 1.54) is 18.4 Å². The summed E-state index contributed by atoms with van der Waals surface area (Å²) in [5, 5.41) is 9.18. The van der Waals surface area contributed by atoms with Gasteiger partial charge in [0.15, 0.2) is 0 Å². The van der Waals surface area contributed by atoms with Crippen molar-refractivity contribution in [3.8, 4) is 0 Å². The predicted octanol–water partition coefficient (Wildman–Crippen LogP) is 1.63. The van der Waals surface area contributed by atoms with Gasteiger partial charge in [0, 0.05) is 31.1 Å². The van der Waals surface area contributed by atoms with Crippen LogP contribution in [0, 0.1) is 18.8 Å². The van der Waals surface area contributed by atoms with Gasteiger partial charge in [-0.2, -0.15) is 0 Å². The average Bonchev–Trinajstić information content (AvgIpc) is 2.41. The topological polar surface area (TPSA) is 49.2 Å². The summed E-state index contributed by atoms with van der Waals surface area (Å²) in [5.41, 5.74) is 1.19. The number of aliphatic hydroxyl groups excluding tert-OH is 1. The maximum absolute atomic E-state index is 9.18. The summed E-state index contributed by atoms with van der Waals surface area (Å²) < 4.78 is 0. The van der Waals surface area contributed by atoms with Crippen LogP contribution in [0.1, 0.15) is 31.2 Å². The van der Waals surface area contributed by atoms with Crippen LogP contribution in [0.25, 0.3) is 0 Å². The highest BCUT2D eigenvalue weighted by Gasteiger charge is 2.23. The zero-order valence-corrected chi connectivity index (χ0v) is 11.3. The molecule has 1 aliphatic rings. The Hall–Kier alpha value is -1.00. The van der Waals surface area contributed by atoms with E-state index in [0.717, 1.165) is 25.5 Å². The molecular weight excluding hydrogens is 226 g/mol. The summed E-state index contributed by atoms with van der Waals surface area (Å²) in [5.74, 6) is 1.95. The molecule has 1 aromatic rings. The third-order valence-electron chi connectivity index (χ3n) is 3.97. The van der Waals surface area contributed by atoms with E-state index in [-0.39, 0.29) is 0 Å². The Kier molecular flexibility index (Phi) is 4.66. The molecular formula is C14H23N3O. The van der Waals surface area contributed by atoms with Crippen LogP contribution < -0.4 is 0 Å². The van der Waals surface area contributed by atoms with Crippen LogP contribution in [0.4, 0.5) is 0 Å². The van der Waals surface area contributed by atoms with E-state index in [2.05, 4.69) is 21.8 Å². The fraction of sp³-hybridized carbons (Fsp3) is 0.714. The van der Waals surface area contributed by atoms with Gasteiger partial charge in [-0.05, 0) is 44.7 Å². The summed E-state index contributed by atoms with van der Waals surface area (Å²) in [7, 11) is 0. The van der Waals surface area contributed by atoms with Gasteiger partial charge >= 0.3 is 0 Å². The summed E-state index contributed by atoms with van der Waals surface area (Å²) in [6.45, 7) is 7.54. The van der Waals surface area contributed by atoms with Crippen LogP contribution in [0.5, 0.6) is 0 Å². The second-order valence-electron chi connectivity index (χ2n) is 5.41. The van der Waals surface area contributed by atoms with Gasteiger partial charge < -0.3 is 5.11 Å². The molecule has 4 heteroatoms. The second-order valence-corrected chi connectivity index (χ2v) is 5.41. The first-order valence-corrected chi connectivity index (χ1v) is 6.79. The first kappa shape index (κ1) is 13.4. The van der Waals surface area contributed by atoms with Crippen molar-refractivity contribution in [3.63, 3.8) is 0 Å². The van der Waals surface area contributed by atoms with Crippen molar-refractivity contribution in [3.05, 3.63) is 23.8 Å². The lowest BCUT2D eigenvalue weighted by atomic mass is 9.86. The lowest BCUT2D eigenvalue weighted by Gasteiger charge is -2.34. The fourth-order valence-electron chi connectivity index (χ4n) is 2.59. The number of aliphatic hydroxyl groups is 1. The van der Waals surface area contributed by atoms with Gasteiger partial charge in [-0.1, -0.05) is 6.92 Å². The van der Waals surface area contributed by atoms with Crippen molar-refractivity contribution in [2.45, 2.75) is 33.2 Å². The van der Waals surface area contributed by atoms with Gasteiger partial charge in [-0.15, -0.1) is 0 Å². The van der Waals surface area contributed by atoms with E-state index in [1.807, 2.05) is 19.3 Å². The molecule has 1 fully saturated rings. The Bertz CT molecular complexity index is 358. The SMILES string of the molecule is Cc1ncc(CN2CCC(C(C)CO)CC2)cn1. The molecule has 0 aliphatic carbocycles. The van der Waals surface area contributed by atoms with Crippen molar-refractivity contribution < 1.29 is 5.11 Å². The molecule has 1 aromatic heterocycles. The molecule has 0 radical (unpaired) electrons. The van der Waals surface area contributed by atoms with E-state index in [0.29, 0.717) is 18.4 Å². The number of piperidine rings is 1. The zero-order valence-electron chi connectivity index (χ0n) is 11.3.